The standard InChI is InChI=1S/C16H16F3N3O2/c1-23-14-7-3-2-6-12(14)22-16(20)21-9-10-11(17)5-4-8-13(10)24-15(18)19/h2-8,15H,9H2,1H3,(H3,20,21,22). The van der Waals surface area contributed by atoms with Crippen molar-refractivity contribution in [3.05, 3.63) is 53.8 Å². The first kappa shape index (κ1) is 17.5. The predicted octanol–water partition coefficient (Wildman–Crippen LogP) is 3.36. The molecule has 0 aliphatic rings. The number of para-hydroxylation sites is 2. The third kappa shape index (κ3) is 4.55. The maximum atomic E-state index is 13.8. The zero-order chi connectivity index (χ0) is 17.5. The maximum absolute atomic E-state index is 13.8. The van der Waals surface area contributed by atoms with E-state index in [4.69, 9.17) is 10.5 Å². The molecular formula is C16H16F3N3O2. The minimum absolute atomic E-state index is 0.0225. The highest BCUT2D eigenvalue weighted by atomic mass is 19.3. The molecule has 2 aromatic rings. The molecular weight excluding hydrogens is 323 g/mol. The predicted molar refractivity (Wildman–Crippen MR) is 85.0 cm³/mol. The Hall–Kier alpha value is -2.90. The number of anilines is 1. The highest BCUT2D eigenvalue weighted by molar-refractivity contribution is 5.93. The molecule has 0 aromatic heterocycles. The van der Waals surface area contributed by atoms with Crippen LogP contribution in [0.1, 0.15) is 5.56 Å². The summed E-state index contributed by atoms with van der Waals surface area (Å²) in [6.07, 6.45) is 0. The summed E-state index contributed by atoms with van der Waals surface area (Å²) in [6.45, 7) is -3.32. The van der Waals surface area contributed by atoms with Crippen molar-refractivity contribution in [1.82, 2.24) is 0 Å². The lowest BCUT2D eigenvalue weighted by Gasteiger charge is -2.12. The molecule has 0 radical (unpaired) electrons. The normalized spacial score (nSPS) is 11.5. The smallest absolute Gasteiger partial charge is 0.387 e. The largest absolute Gasteiger partial charge is 0.495 e. The van der Waals surface area contributed by atoms with E-state index in [0.717, 1.165) is 6.07 Å². The number of hydrogen-bond donors (Lipinski definition) is 2. The topological polar surface area (TPSA) is 68.9 Å². The van der Waals surface area contributed by atoms with Crippen LogP contribution in [-0.2, 0) is 6.54 Å². The van der Waals surface area contributed by atoms with Crippen LogP contribution in [0.15, 0.2) is 47.5 Å². The fourth-order valence-corrected chi connectivity index (χ4v) is 1.99. The molecule has 0 fully saturated rings. The number of nitrogens with two attached hydrogens (primary N) is 1. The summed E-state index contributed by atoms with van der Waals surface area (Å²) in [5.74, 6) is -0.463. The van der Waals surface area contributed by atoms with Gasteiger partial charge < -0.3 is 20.5 Å². The van der Waals surface area contributed by atoms with E-state index in [-0.39, 0.29) is 23.8 Å². The Kier molecular flexibility index (Phi) is 5.89. The molecule has 0 amide bonds. The van der Waals surface area contributed by atoms with Crippen molar-refractivity contribution in [2.75, 3.05) is 12.4 Å². The Balaban J connectivity index is 2.15. The number of guanidine groups is 1. The Labute approximate surface area is 136 Å². The van der Waals surface area contributed by atoms with Crippen molar-refractivity contribution in [2.45, 2.75) is 13.2 Å². The number of aliphatic imine (C=N–C) groups is 1. The molecule has 0 aliphatic carbocycles. The number of nitrogens with zero attached hydrogens (tertiary/aromatic N) is 1. The summed E-state index contributed by atoms with van der Waals surface area (Å²) in [7, 11) is 1.50. The highest BCUT2D eigenvalue weighted by Gasteiger charge is 2.13. The minimum atomic E-state index is -3.06. The van der Waals surface area contributed by atoms with Gasteiger partial charge in [0.05, 0.1) is 24.9 Å². The number of alkyl halides is 2. The van der Waals surface area contributed by atoms with Crippen molar-refractivity contribution < 1.29 is 22.6 Å². The van der Waals surface area contributed by atoms with Crippen LogP contribution in [0.4, 0.5) is 18.9 Å². The van der Waals surface area contributed by atoms with Gasteiger partial charge in [-0.1, -0.05) is 18.2 Å². The molecule has 0 bridgehead atoms. The van der Waals surface area contributed by atoms with Gasteiger partial charge in [0.1, 0.15) is 17.3 Å². The van der Waals surface area contributed by atoms with Gasteiger partial charge in [0.15, 0.2) is 5.96 Å². The molecule has 5 nitrogen and oxygen atoms in total. The Bertz CT molecular complexity index is 723. The summed E-state index contributed by atoms with van der Waals surface area (Å²) < 4.78 is 48.0. The van der Waals surface area contributed by atoms with Crippen LogP contribution >= 0.6 is 0 Å². The number of ether oxygens (including phenoxy) is 2. The van der Waals surface area contributed by atoms with Gasteiger partial charge in [-0.3, -0.25) is 0 Å². The second-order valence-corrected chi connectivity index (χ2v) is 4.62. The van der Waals surface area contributed by atoms with Crippen LogP contribution in [0, 0.1) is 5.82 Å². The van der Waals surface area contributed by atoms with E-state index < -0.39 is 12.4 Å². The summed E-state index contributed by atoms with van der Waals surface area (Å²) in [4.78, 5) is 3.96. The van der Waals surface area contributed by atoms with Crippen molar-refractivity contribution in [3.63, 3.8) is 0 Å². The SMILES string of the molecule is COc1ccccc1NC(N)=NCc1c(F)cccc1OC(F)F. The molecule has 0 heterocycles. The van der Waals surface area contributed by atoms with E-state index in [1.807, 2.05) is 0 Å². The fourth-order valence-electron chi connectivity index (χ4n) is 1.99. The minimum Gasteiger partial charge on any atom is -0.495 e. The van der Waals surface area contributed by atoms with Crippen molar-refractivity contribution in [1.29, 1.82) is 0 Å². The summed E-state index contributed by atoms with van der Waals surface area (Å²) in [5.41, 5.74) is 6.21. The molecule has 2 rings (SSSR count). The van der Waals surface area contributed by atoms with Crippen LogP contribution in [0.3, 0.4) is 0 Å². The van der Waals surface area contributed by atoms with Crippen LogP contribution in [0.5, 0.6) is 11.5 Å². The molecule has 0 saturated carbocycles. The van der Waals surface area contributed by atoms with Crippen molar-refractivity contribution in [2.24, 2.45) is 10.7 Å². The number of hydrogen-bond acceptors (Lipinski definition) is 3. The van der Waals surface area contributed by atoms with E-state index in [1.165, 1.54) is 19.2 Å². The maximum Gasteiger partial charge on any atom is 0.387 e. The summed E-state index contributed by atoms with van der Waals surface area (Å²) in [6, 6.07) is 10.6. The van der Waals surface area contributed by atoms with E-state index in [0.29, 0.717) is 11.4 Å². The molecule has 0 spiro atoms. The average molecular weight is 339 g/mol. The molecule has 128 valence electrons. The molecule has 0 saturated heterocycles. The van der Waals surface area contributed by atoms with Gasteiger partial charge in [-0.05, 0) is 24.3 Å². The first-order valence-electron chi connectivity index (χ1n) is 6.93. The molecule has 24 heavy (non-hydrogen) atoms. The number of rotatable bonds is 6. The van der Waals surface area contributed by atoms with E-state index in [9.17, 15) is 13.2 Å². The van der Waals surface area contributed by atoms with E-state index in [1.54, 1.807) is 24.3 Å². The Morgan fingerprint density at radius 2 is 1.88 bits per heavy atom. The molecule has 2 aromatic carbocycles. The van der Waals surface area contributed by atoms with Crippen molar-refractivity contribution >= 4 is 11.6 Å². The first-order chi connectivity index (χ1) is 11.5. The molecule has 8 heteroatoms. The average Bonchev–Trinajstić information content (AvgIpc) is 2.54. The second-order valence-electron chi connectivity index (χ2n) is 4.62. The molecule has 0 unspecified atom stereocenters. The number of methoxy groups -OCH3 is 1. The van der Waals surface area contributed by atoms with Gasteiger partial charge in [-0.15, -0.1) is 0 Å². The Morgan fingerprint density at radius 1 is 1.17 bits per heavy atom. The zero-order valence-corrected chi connectivity index (χ0v) is 12.8. The number of halogens is 3. The molecule has 0 aliphatic heterocycles. The highest BCUT2D eigenvalue weighted by Crippen LogP contribution is 2.25. The Morgan fingerprint density at radius 3 is 2.58 bits per heavy atom. The molecule has 0 atom stereocenters. The number of nitrogens with one attached hydrogen (secondary N) is 1. The van der Waals surface area contributed by atoms with Crippen LogP contribution in [0.25, 0.3) is 0 Å². The zero-order valence-electron chi connectivity index (χ0n) is 12.8. The lowest BCUT2D eigenvalue weighted by molar-refractivity contribution is -0.0506. The summed E-state index contributed by atoms with van der Waals surface area (Å²) >= 11 is 0. The fraction of sp³-hybridized carbons (Fsp3) is 0.188. The van der Waals surface area contributed by atoms with E-state index in [2.05, 4.69) is 15.0 Å². The van der Waals surface area contributed by atoms with Crippen LogP contribution in [-0.4, -0.2) is 19.7 Å². The van der Waals surface area contributed by atoms with Crippen LogP contribution in [0.2, 0.25) is 0 Å². The van der Waals surface area contributed by atoms with Gasteiger partial charge in [0.2, 0.25) is 0 Å². The van der Waals surface area contributed by atoms with Gasteiger partial charge in [0, 0.05) is 0 Å². The lowest BCUT2D eigenvalue weighted by Crippen LogP contribution is -2.23. The third-order valence-corrected chi connectivity index (χ3v) is 3.07. The van der Waals surface area contributed by atoms with Gasteiger partial charge in [-0.25, -0.2) is 9.38 Å². The van der Waals surface area contributed by atoms with Gasteiger partial charge >= 0.3 is 6.61 Å². The second kappa shape index (κ2) is 8.09. The van der Waals surface area contributed by atoms with Crippen molar-refractivity contribution in [3.8, 4) is 11.5 Å². The lowest BCUT2D eigenvalue weighted by atomic mass is 10.2. The van der Waals surface area contributed by atoms with E-state index >= 15 is 0 Å². The quantitative estimate of drug-likeness (QED) is 0.625. The van der Waals surface area contributed by atoms with Gasteiger partial charge in [-0.2, -0.15) is 8.78 Å². The monoisotopic (exact) mass is 339 g/mol. The van der Waals surface area contributed by atoms with Gasteiger partial charge in [0.25, 0.3) is 0 Å². The number of benzene rings is 2. The third-order valence-electron chi connectivity index (χ3n) is 3.07. The van der Waals surface area contributed by atoms with Crippen LogP contribution < -0.4 is 20.5 Å². The summed E-state index contributed by atoms with van der Waals surface area (Å²) in [5, 5.41) is 2.80. The first-order valence-corrected chi connectivity index (χ1v) is 6.93. The molecule has 3 N–H and O–H groups in total.